The molecule has 0 saturated carbocycles. The molecule has 1 aromatic heterocycles. The quantitative estimate of drug-likeness (QED) is 0.745. The van der Waals surface area contributed by atoms with Gasteiger partial charge in [-0.15, -0.1) is 0 Å². The van der Waals surface area contributed by atoms with Gasteiger partial charge in [-0.25, -0.2) is 4.98 Å². The molecule has 0 spiro atoms. The van der Waals surface area contributed by atoms with E-state index in [1.165, 1.54) is 5.56 Å². The minimum atomic E-state index is 0.132. The summed E-state index contributed by atoms with van der Waals surface area (Å²) in [6.45, 7) is 3.19. The van der Waals surface area contributed by atoms with Gasteiger partial charge in [0.1, 0.15) is 12.4 Å². The zero-order chi connectivity index (χ0) is 15.8. The molecule has 1 aliphatic heterocycles. The van der Waals surface area contributed by atoms with Gasteiger partial charge in [-0.05, 0) is 30.2 Å². The number of anilines is 1. The lowest BCUT2D eigenvalue weighted by atomic mass is 10.2. The van der Waals surface area contributed by atoms with Gasteiger partial charge < -0.3 is 9.47 Å². The van der Waals surface area contributed by atoms with Gasteiger partial charge in [-0.3, -0.25) is 4.79 Å². The van der Waals surface area contributed by atoms with Crippen molar-refractivity contribution >= 4 is 22.6 Å². The second-order valence-electron chi connectivity index (χ2n) is 5.88. The van der Waals surface area contributed by atoms with Gasteiger partial charge in [-0.2, -0.15) is 0 Å². The summed E-state index contributed by atoms with van der Waals surface area (Å²) in [4.78, 5) is 19.4. The molecule has 2 heterocycles. The number of imidazole rings is 1. The molecule has 0 aliphatic carbocycles. The molecule has 4 heteroatoms. The Balaban J connectivity index is 1.68. The van der Waals surface area contributed by atoms with Crippen molar-refractivity contribution in [1.29, 1.82) is 0 Å². The maximum absolute atomic E-state index is 12.9. The summed E-state index contributed by atoms with van der Waals surface area (Å²) in [5, 5.41) is 0. The van der Waals surface area contributed by atoms with Gasteiger partial charge in [0.25, 0.3) is 0 Å². The fourth-order valence-electron chi connectivity index (χ4n) is 3.39. The van der Waals surface area contributed by atoms with Crippen molar-refractivity contribution in [2.75, 3.05) is 11.4 Å². The van der Waals surface area contributed by atoms with Crippen molar-refractivity contribution in [3.05, 3.63) is 59.9 Å². The molecular weight excluding hydrogens is 286 g/mol. The van der Waals surface area contributed by atoms with Crippen LogP contribution in [0, 0.1) is 0 Å². The zero-order valence-corrected chi connectivity index (χ0v) is 13.2. The summed E-state index contributed by atoms with van der Waals surface area (Å²) in [7, 11) is 0. The Bertz CT molecular complexity index is 881. The zero-order valence-electron chi connectivity index (χ0n) is 13.2. The number of nitrogens with zero attached hydrogens (tertiary/aromatic N) is 3. The van der Waals surface area contributed by atoms with Crippen LogP contribution in [0.25, 0.3) is 11.0 Å². The molecule has 116 valence electrons. The first-order valence-electron chi connectivity index (χ1n) is 8.10. The molecule has 0 saturated heterocycles. The van der Waals surface area contributed by atoms with E-state index in [4.69, 9.17) is 0 Å². The van der Waals surface area contributed by atoms with Crippen LogP contribution in [0.3, 0.4) is 0 Å². The summed E-state index contributed by atoms with van der Waals surface area (Å²) in [6.07, 6.45) is 1.76. The number of aryl methyl sites for hydroxylation is 1. The van der Waals surface area contributed by atoms with E-state index in [1.807, 2.05) is 47.4 Å². The van der Waals surface area contributed by atoms with E-state index in [0.29, 0.717) is 6.54 Å². The molecule has 0 N–H and O–H groups in total. The predicted molar refractivity (Wildman–Crippen MR) is 91.6 cm³/mol. The molecule has 4 nitrogen and oxygen atoms in total. The van der Waals surface area contributed by atoms with Crippen LogP contribution in [-0.4, -0.2) is 22.0 Å². The minimum absolute atomic E-state index is 0.132. The smallest absolute Gasteiger partial charge is 0.247 e. The number of carbonyl (C=O) groups excluding carboxylic acids is 1. The maximum atomic E-state index is 12.9. The van der Waals surface area contributed by atoms with Crippen molar-refractivity contribution in [3.63, 3.8) is 0 Å². The number of benzene rings is 2. The molecular formula is C19H19N3O. The Hall–Kier alpha value is -2.62. The number of carbonyl (C=O) groups is 1. The molecule has 0 unspecified atom stereocenters. The van der Waals surface area contributed by atoms with Gasteiger partial charge >= 0.3 is 0 Å². The third-order valence-electron chi connectivity index (χ3n) is 4.53. The highest BCUT2D eigenvalue weighted by atomic mass is 16.2. The number of aromatic nitrogens is 2. The van der Waals surface area contributed by atoms with Gasteiger partial charge in [0, 0.05) is 18.7 Å². The fourth-order valence-corrected chi connectivity index (χ4v) is 3.39. The minimum Gasteiger partial charge on any atom is -0.318 e. The molecule has 1 amide bonds. The van der Waals surface area contributed by atoms with E-state index in [2.05, 4.69) is 22.5 Å². The van der Waals surface area contributed by atoms with Crippen LogP contribution in [0.15, 0.2) is 48.5 Å². The van der Waals surface area contributed by atoms with Crippen molar-refractivity contribution < 1.29 is 4.79 Å². The number of rotatable bonds is 3. The average Bonchev–Trinajstić information content (AvgIpc) is 3.16. The lowest BCUT2D eigenvalue weighted by molar-refractivity contribution is -0.119. The van der Waals surface area contributed by atoms with Gasteiger partial charge in [0.15, 0.2) is 0 Å². The second-order valence-corrected chi connectivity index (χ2v) is 5.88. The third-order valence-corrected chi connectivity index (χ3v) is 4.53. The van der Waals surface area contributed by atoms with Crippen molar-refractivity contribution in [3.8, 4) is 0 Å². The monoisotopic (exact) mass is 305 g/mol. The van der Waals surface area contributed by atoms with Crippen LogP contribution in [0.5, 0.6) is 0 Å². The number of hydrogen-bond donors (Lipinski definition) is 0. The summed E-state index contributed by atoms with van der Waals surface area (Å²) in [6, 6.07) is 16.2. The Morgan fingerprint density at radius 2 is 1.91 bits per heavy atom. The van der Waals surface area contributed by atoms with Crippen LogP contribution in [0.4, 0.5) is 5.69 Å². The fraction of sp³-hybridized carbons (Fsp3) is 0.263. The molecule has 0 atom stereocenters. The molecule has 0 radical (unpaired) electrons. The molecule has 23 heavy (non-hydrogen) atoms. The van der Waals surface area contributed by atoms with Crippen LogP contribution >= 0.6 is 0 Å². The SMILES string of the molecule is CCc1nc2ccccc2n1CC(=O)N1CCc2ccccc21. The normalized spacial score (nSPS) is 13.5. The van der Waals surface area contributed by atoms with E-state index in [-0.39, 0.29) is 5.91 Å². The Morgan fingerprint density at radius 3 is 2.78 bits per heavy atom. The highest BCUT2D eigenvalue weighted by Gasteiger charge is 2.25. The standard InChI is InChI=1S/C19H19N3O/c1-2-18-20-15-8-4-6-10-17(15)22(18)13-19(23)21-12-11-14-7-3-5-9-16(14)21/h3-10H,2,11-13H2,1H3. The molecule has 0 bridgehead atoms. The van der Waals surface area contributed by atoms with Crippen LogP contribution in [0.1, 0.15) is 18.3 Å². The van der Waals surface area contributed by atoms with Gasteiger partial charge in [0.05, 0.1) is 11.0 Å². The molecule has 2 aromatic carbocycles. The van der Waals surface area contributed by atoms with E-state index < -0.39 is 0 Å². The predicted octanol–water partition coefficient (Wildman–Crippen LogP) is 3.19. The summed E-state index contributed by atoms with van der Waals surface area (Å²) in [5.74, 6) is 1.10. The van der Waals surface area contributed by atoms with Crippen molar-refractivity contribution in [1.82, 2.24) is 9.55 Å². The topological polar surface area (TPSA) is 38.1 Å². The van der Waals surface area contributed by atoms with E-state index in [0.717, 1.165) is 41.9 Å². The summed E-state index contributed by atoms with van der Waals surface area (Å²) < 4.78 is 2.05. The molecule has 0 fully saturated rings. The number of fused-ring (bicyclic) bond motifs is 2. The number of hydrogen-bond acceptors (Lipinski definition) is 2. The first kappa shape index (κ1) is 14.0. The van der Waals surface area contributed by atoms with Crippen molar-refractivity contribution in [2.45, 2.75) is 26.3 Å². The van der Waals surface area contributed by atoms with Crippen molar-refractivity contribution in [2.24, 2.45) is 0 Å². The Labute approximate surface area is 135 Å². The second kappa shape index (κ2) is 5.54. The lowest BCUT2D eigenvalue weighted by Crippen LogP contribution is -2.32. The van der Waals surface area contributed by atoms with E-state index in [9.17, 15) is 4.79 Å². The summed E-state index contributed by atoms with van der Waals surface area (Å²) in [5.41, 5.74) is 4.30. The Morgan fingerprint density at radius 1 is 1.13 bits per heavy atom. The molecule has 1 aliphatic rings. The lowest BCUT2D eigenvalue weighted by Gasteiger charge is -2.18. The van der Waals surface area contributed by atoms with E-state index in [1.54, 1.807) is 0 Å². The average molecular weight is 305 g/mol. The highest BCUT2D eigenvalue weighted by molar-refractivity contribution is 5.96. The maximum Gasteiger partial charge on any atom is 0.247 e. The Kier molecular flexibility index (Phi) is 3.37. The van der Waals surface area contributed by atoms with E-state index >= 15 is 0 Å². The molecule has 3 aromatic rings. The van der Waals surface area contributed by atoms with Crippen LogP contribution in [0.2, 0.25) is 0 Å². The van der Waals surface area contributed by atoms with Gasteiger partial charge in [0.2, 0.25) is 5.91 Å². The highest BCUT2D eigenvalue weighted by Crippen LogP contribution is 2.28. The third kappa shape index (κ3) is 2.31. The number of para-hydroxylation sites is 3. The summed E-state index contributed by atoms with van der Waals surface area (Å²) >= 11 is 0. The molecule has 4 rings (SSSR count). The first-order valence-corrected chi connectivity index (χ1v) is 8.10. The number of amides is 1. The van der Waals surface area contributed by atoms with Crippen LogP contribution in [-0.2, 0) is 24.2 Å². The van der Waals surface area contributed by atoms with Gasteiger partial charge in [-0.1, -0.05) is 37.3 Å². The largest absolute Gasteiger partial charge is 0.318 e. The van der Waals surface area contributed by atoms with Crippen LogP contribution < -0.4 is 4.90 Å². The first-order chi connectivity index (χ1) is 11.3.